The molecule has 0 atom stereocenters. The summed E-state index contributed by atoms with van der Waals surface area (Å²) < 4.78 is 40.5. The van der Waals surface area contributed by atoms with Gasteiger partial charge in [0, 0.05) is 36.8 Å². The van der Waals surface area contributed by atoms with Crippen molar-refractivity contribution in [2.75, 3.05) is 13.7 Å². The van der Waals surface area contributed by atoms with Gasteiger partial charge in [-0.25, -0.2) is 0 Å². The maximum Gasteiger partial charge on any atom is 0.305 e. The van der Waals surface area contributed by atoms with Crippen molar-refractivity contribution in [3.05, 3.63) is 35.9 Å². The van der Waals surface area contributed by atoms with Crippen LogP contribution in [0.4, 0.5) is 5.69 Å². The number of rotatable bonds is 12. The Balaban J connectivity index is 1.60. The van der Waals surface area contributed by atoms with Crippen molar-refractivity contribution in [3.63, 3.8) is 0 Å². The van der Waals surface area contributed by atoms with Crippen LogP contribution in [0.15, 0.2) is 35.2 Å². The van der Waals surface area contributed by atoms with E-state index in [9.17, 15) is 17.8 Å². The van der Waals surface area contributed by atoms with Gasteiger partial charge in [0.2, 0.25) is 5.69 Å². The molecule has 186 valence electrons. The number of methoxy groups -OCH3 is 1. The van der Waals surface area contributed by atoms with Crippen LogP contribution in [-0.4, -0.2) is 42.9 Å². The molecule has 3 rings (SSSR count). The summed E-state index contributed by atoms with van der Waals surface area (Å²) in [5.74, 6) is -0.120. The Morgan fingerprint density at radius 3 is 2.18 bits per heavy atom. The van der Waals surface area contributed by atoms with Crippen molar-refractivity contribution in [2.45, 2.75) is 88.9 Å². The molecule has 6 nitrogen and oxygen atoms in total. The number of carbonyl (C=O) groups is 1. The molecule has 1 aliphatic heterocycles. The van der Waals surface area contributed by atoms with Crippen molar-refractivity contribution in [2.24, 2.45) is 0 Å². The molecule has 0 spiro atoms. The zero-order chi connectivity index (χ0) is 24.9. The Labute approximate surface area is 203 Å². The highest BCUT2D eigenvalue weighted by molar-refractivity contribution is 7.86. The maximum atomic E-state index is 11.9. The first-order chi connectivity index (χ1) is 16.1. The second kappa shape index (κ2) is 11.0. The number of ether oxygens (including phenoxy) is 1. The van der Waals surface area contributed by atoms with E-state index in [1.165, 1.54) is 44.6 Å². The molecule has 1 N–H and O–H groups in total. The highest BCUT2D eigenvalue weighted by Gasteiger charge is 2.44. The number of carbonyl (C=O) groups excluding carboxylic acids is 1. The molecular formula is C27H38NO5S+. The minimum Gasteiger partial charge on any atom is -0.469 e. The maximum absolute atomic E-state index is 11.9. The minimum atomic E-state index is -4.29. The minimum absolute atomic E-state index is 0.0370. The summed E-state index contributed by atoms with van der Waals surface area (Å²) in [6.45, 7) is 7.46. The standard InChI is InChI=1S/C27H37NO5S/c1-20-27(2,3)26-22-14-13-15-24(34(30,31)32)21(22)17-18-23(26)28(20)19-12-10-8-6-5-7-9-11-16-25(29)33-4/h13-15,17-18H,5-12,16,19H2,1-4H3/p+1. The second-order valence-electron chi connectivity index (χ2n) is 9.80. The lowest BCUT2D eigenvalue weighted by molar-refractivity contribution is -0.439. The molecule has 0 aromatic heterocycles. The largest absolute Gasteiger partial charge is 0.469 e. The summed E-state index contributed by atoms with van der Waals surface area (Å²) >= 11 is 0. The highest BCUT2D eigenvalue weighted by atomic mass is 32.2. The molecule has 34 heavy (non-hydrogen) atoms. The van der Waals surface area contributed by atoms with Crippen LogP contribution in [0.5, 0.6) is 0 Å². The van der Waals surface area contributed by atoms with Crippen molar-refractivity contribution < 1.29 is 27.1 Å². The lowest BCUT2D eigenvalue weighted by atomic mass is 9.80. The van der Waals surface area contributed by atoms with E-state index in [-0.39, 0.29) is 16.3 Å². The van der Waals surface area contributed by atoms with Crippen molar-refractivity contribution in [1.82, 2.24) is 0 Å². The number of fused-ring (bicyclic) bond motifs is 3. The molecule has 0 bridgehead atoms. The van der Waals surface area contributed by atoms with Crippen LogP contribution in [0.2, 0.25) is 0 Å². The molecule has 0 radical (unpaired) electrons. The van der Waals surface area contributed by atoms with E-state index >= 15 is 0 Å². The molecule has 0 unspecified atom stereocenters. The van der Waals surface area contributed by atoms with E-state index < -0.39 is 10.1 Å². The van der Waals surface area contributed by atoms with Crippen molar-refractivity contribution in [3.8, 4) is 0 Å². The van der Waals surface area contributed by atoms with Crippen LogP contribution in [0.25, 0.3) is 10.8 Å². The van der Waals surface area contributed by atoms with E-state index in [2.05, 4.69) is 30.1 Å². The van der Waals surface area contributed by atoms with Gasteiger partial charge in [-0.05, 0) is 44.2 Å². The van der Waals surface area contributed by atoms with Crippen LogP contribution in [-0.2, 0) is 25.1 Å². The Kier molecular flexibility index (Phi) is 8.52. The first kappa shape index (κ1) is 26.4. The number of hydrogen-bond donors (Lipinski definition) is 1. The molecule has 0 aliphatic carbocycles. The summed E-state index contributed by atoms with van der Waals surface area (Å²) in [6, 6.07) is 8.93. The summed E-state index contributed by atoms with van der Waals surface area (Å²) in [6.07, 6.45) is 9.56. The lowest BCUT2D eigenvalue weighted by Crippen LogP contribution is -2.27. The first-order valence-electron chi connectivity index (χ1n) is 12.3. The molecule has 2 aromatic rings. The molecule has 0 saturated carbocycles. The van der Waals surface area contributed by atoms with Crippen molar-refractivity contribution >= 4 is 38.3 Å². The second-order valence-corrected chi connectivity index (χ2v) is 11.2. The van der Waals surface area contributed by atoms with Gasteiger partial charge in [-0.3, -0.25) is 9.35 Å². The topological polar surface area (TPSA) is 83.7 Å². The van der Waals surface area contributed by atoms with Gasteiger partial charge in [0.15, 0.2) is 5.71 Å². The Hall–Kier alpha value is -2.25. The normalized spacial score (nSPS) is 15.1. The zero-order valence-corrected chi connectivity index (χ0v) is 21.7. The van der Waals surface area contributed by atoms with E-state index in [1.54, 1.807) is 6.07 Å². The lowest BCUT2D eigenvalue weighted by Gasteiger charge is -2.17. The number of unbranched alkanes of at least 4 members (excludes halogenated alkanes) is 7. The molecule has 0 fully saturated rings. The summed E-state index contributed by atoms with van der Waals surface area (Å²) in [4.78, 5) is 11.1. The number of hydrogen-bond acceptors (Lipinski definition) is 4. The van der Waals surface area contributed by atoms with Gasteiger partial charge in [0.1, 0.15) is 11.4 Å². The van der Waals surface area contributed by atoms with E-state index in [0.717, 1.165) is 48.9 Å². The van der Waals surface area contributed by atoms with E-state index in [1.807, 2.05) is 18.2 Å². The smallest absolute Gasteiger partial charge is 0.305 e. The van der Waals surface area contributed by atoms with E-state index in [4.69, 9.17) is 0 Å². The molecule has 2 aromatic carbocycles. The quantitative estimate of drug-likeness (QED) is 0.167. The van der Waals surface area contributed by atoms with Crippen LogP contribution < -0.4 is 0 Å². The Morgan fingerprint density at radius 1 is 0.941 bits per heavy atom. The van der Waals surface area contributed by atoms with Crippen LogP contribution in [0.3, 0.4) is 0 Å². The third-order valence-electron chi connectivity index (χ3n) is 7.24. The predicted octanol–water partition coefficient (Wildman–Crippen LogP) is 6.17. The molecular weight excluding hydrogens is 450 g/mol. The number of nitrogens with zero attached hydrogens (tertiary/aromatic N) is 1. The van der Waals surface area contributed by atoms with Gasteiger partial charge in [0.05, 0.1) is 12.5 Å². The summed E-state index contributed by atoms with van der Waals surface area (Å²) in [5.41, 5.74) is 3.29. The monoisotopic (exact) mass is 488 g/mol. The van der Waals surface area contributed by atoms with Crippen LogP contribution in [0.1, 0.15) is 84.1 Å². The number of benzene rings is 2. The average Bonchev–Trinajstić information content (AvgIpc) is 2.99. The summed E-state index contributed by atoms with van der Waals surface area (Å²) in [7, 11) is -2.85. The third kappa shape index (κ3) is 5.69. The van der Waals surface area contributed by atoms with Crippen LogP contribution in [0, 0.1) is 0 Å². The first-order valence-corrected chi connectivity index (χ1v) is 13.7. The van der Waals surface area contributed by atoms with Gasteiger partial charge in [-0.1, -0.05) is 44.2 Å². The average molecular weight is 489 g/mol. The molecule has 1 aliphatic rings. The van der Waals surface area contributed by atoms with Gasteiger partial charge < -0.3 is 4.74 Å². The fraction of sp³-hybridized carbons (Fsp3) is 0.556. The molecule has 0 saturated heterocycles. The Morgan fingerprint density at radius 2 is 1.56 bits per heavy atom. The van der Waals surface area contributed by atoms with Crippen molar-refractivity contribution in [1.29, 1.82) is 0 Å². The third-order valence-corrected chi connectivity index (χ3v) is 8.15. The Bertz CT molecular complexity index is 1180. The highest BCUT2D eigenvalue weighted by Crippen LogP contribution is 2.44. The molecule has 1 heterocycles. The fourth-order valence-corrected chi connectivity index (χ4v) is 5.82. The SMILES string of the molecule is COC(=O)CCCCCCCCCC[N+]1=C(C)C(C)(C)c2c1ccc1c(S(=O)(=O)O)cccc21. The fourth-order valence-electron chi connectivity index (χ4n) is 5.11. The predicted molar refractivity (Wildman–Crippen MR) is 136 cm³/mol. The molecule has 0 amide bonds. The molecule has 7 heteroatoms. The zero-order valence-electron chi connectivity index (χ0n) is 20.9. The summed E-state index contributed by atoms with van der Waals surface area (Å²) in [5, 5.41) is 1.45. The number of esters is 1. The van der Waals surface area contributed by atoms with Gasteiger partial charge in [-0.2, -0.15) is 13.0 Å². The van der Waals surface area contributed by atoms with Gasteiger partial charge in [-0.15, -0.1) is 0 Å². The van der Waals surface area contributed by atoms with E-state index in [0.29, 0.717) is 11.8 Å². The van der Waals surface area contributed by atoms with Gasteiger partial charge >= 0.3 is 5.97 Å². The van der Waals surface area contributed by atoms with Crippen LogP contribution >= 0.6 is 0 Å². The van der Waals surface area contributed by atoms with Gasteiger partial charge in [0.25, 0.3) is 10.1 Å².